The van der Waals surface area contributed by atoms with Gasteiger partial charge in [0.15, 0.2) is 0 Å². The molecule has 7 heteroatoms. The number of methoxy groups -OCH3 is 1. The summed E-state index contributed by atoms with van der Waals surface area (Å²) < 4.78 is 38.2. The van der Waals surface area contributed by atoms with Gasteiger partial charge < -0.3 is 14.6 Å². The highest BCUT2D eigenvalue weighted by molar-refractivity contribution is 7.89. The molecule has 0 aliphatic heterocycles. The molecule has 2 rings (SSSR count). The maximum atomic E-state index is 12.5. The summed E-state index contributed by atoms with van der Waals surface area (Å²) in [4.78, 5) is 0.122. The van der Waals surface area contributed by atoms with Crippen molar-refractivity contribution in [3.63, 3.8) is 0 Å². The van der Waals surface area contributed by atoms with Gasteiger partial charge in [0.1, 0.15) is 5.75 Å². The van der Waals surface area contributed by atoms with Crippen LogP contribution in [0.5, 0.6) is 5.75 Å². The van der Waals surface area contributed by atoms with Crippen LogP contribution in [0.15, 0.2) is 53.4 Å². The van der Waals surface area contributed by atoms with E-state index in [1.807, 2.05) is 31.2 Å². The smallest absolute Gasteiger partial charge is 0.240 e. The first-order valence-corrected chi connectivity index (χ1v) is 9.37. The first kappa shape index (κ1) is 19.4. The van der Waals surface area contributed by atoms with E-state index in [9.17, 15) is 8.42 Å². The third-order valence-corrected chi connectivity index (χ3v) is 5.09. The molecular formula is C18H23NO5S. The van der Waals surface area contributed by atoms with Crippen molar-refractivity contribution >= 4 is 10.0 Å². The van der Waals surface area contributed by atoms with E-state index in [0.29, 0.717) is 5.75 Å². The topological polar surface area (TPSA) is 84.9 Å². The number of rotatable bonds is 9. The Morgan fingerprint density at radius 3 is 2.52 bits per heavy atom. The minimum Gasteiger partial charge on any atom is -0.497 e. The molecule has 2 aromatic carbocycles. The van der Waals surface area contributed by atoms with E-state index in [2.05, 4.69) is 4.72 Å². The number of nitrogens with one attached hydrogen (secondary N) is 1. The van der Waals surface area contributed by atoms with Crippen molar-refractivity contribution < 1.29 is 23.0 Å². The van der Waals surface area contributed by atoms with Crippen molar-refractivity contribution in [3.8, 4) is 5.75 Å². The van der Waals surface area contributed by atoms with Crippen LogP contribution in [0.25, 0.3) is 0 Å². The van der Waals surface area contributed by atoms with E-state index >= 15 is 0 Å². The number of aliphatic hydroxyl groups is 1. The largest absolute Gasteiger partial charge is 0.497 e. The lowest BCUT2D eigenvalue weighted by atomic mass is 10.1. The molecule has 0 amide bonds. The number of benzene rings is 2. The van der Waals surface area contributed by atoms with Crippen molar-refractivity contribution in [3.05, 3.63) is 59.7 Å². The van der Waals surface area contributed by atoms with Crippen LogP contribution in [-0.4, -0.2) is 40.4 Å². The molecule has 2 aromatic rings. The van der Waals surface area contributed by atoms with Crippen LogP contribution < -0.4 is 9.46 Å². The third-order valence-electron chi connectivity index (χ3n) is 3.67. The molecule has 0 spiro atoms. The Morgan fingerprint density at radius 2 is 1.88 bits per heavy atom. The van der Waals surface area contributed by atoms with Crippen LogP contribution >= 0.6 is 0 Å². The van der Waals surface area contributed by atoms with E-state index in [1.54, 1.807) is 12.1 Å². The molecule has 0 heterocycles. The van der Waals surface area contributed by atoms with Crippen LogP contribution in [0.3, 0.4) is 0 Å². The zero-order chi connectivity index (χ0) is 18.3. The summed E-state index contributed by atoms with van der Waals surface area (Å²) in [5.74, 6) is 0.467. The van der Waals surface area contributed by atoms with Gasteiger partial charge in [-0.15, -0.1) is 0 Å². The molecule has 0 bridgehead atoms. The van der Waals surface area contributed by atoms with E-state index < -0.39 is 16.1 Å². The summed E-state index contributed by atoms with van der Waals surface area (Å²) in [5, 5.41) is 8.99. The quantitative estimate of drug-likeness (QED) is 0.710. The fraction of sp³-hybridized carbons (Fsp3) is 0.333. The van der Waals surface area contributed by atoms with Gasteiger partial charge in [-0.2, -0.15) is 0 Å². The summed E-state index contributed by atoms with van der Waals surface area (Å²) in [6, 6.07) is 13.9. The summed E-state index contributed by atoms with van der Waals surface area (Å²) in [7, 11) is -2.22. The van der Waals surface area contributed by atoms with E-state index in [1.165, 1.54) is 19.2 Å². The average molecular weight is 365 g/mol. The van der Waals surface area contributed by atoms with E-state index in [-0.39, 0.29) is 24.7 Å². The molecule has 0 saturated carbocycles. The highest BCUT2D eigenvalue weighted by Crippen LogP contribution is 2.20. The predicted octanol–water partition coefficient (Wildman–Crippen LogP) is 2.03. The first-order valence-electron chi connectivity index (χ1n) is 7.89. The van der Waals surface area contributed by atoms with Crippen molar-refractivity contribution in [1.82, 2.24) is 4.72 Å². The van der Waals surface area contributed by atoms with Gasteiger partial charge in [0.05, 0.1) is 31.3 Å². The van der Waals surface area contributed by atoms with E-state index in [4.69, 9.17) is 14.6 Å². The Balaban J connectivity index is 2.14. The first-order chi connectivity index (χ1) is 12.0. The van der Waals surface area contributed by atoms with Crippen molar-refractivity contribution in [2.24, 2.45) is 0 Å². The van der Waals surface area contributed by atoms with Crippen LogP contribution in [0.2, 0.25) is 0 Å². The molecule has 0 aliphatic rings. The lowest BCUT2D eigenvalue weighted by Gasteiger charge is -2.19. The maximum absolute atomic E-state index is 12.5. The highest BCUT2D eigenvalue weighted by atomic mass is 32.2. The third kappa shape index (κ3) is 5.54. The monoisotopic (exact) mass is 365 g/mol. The fourth-order valence-electron chi connectivity index (χ4n) is 2.29. The molecule has 136 valence electrons. The molecule has 0 saturated heterocycles. The number of aryl methyl sites for hydroxylation is 1. The molecule has 0 aliphatic carbocycles. The van der Waals surface area contributed by atoms with Crippen LogP contribution in [-0.2, 0) is 14.8 Å². The molecule has 0 aromatic heterocycles. The number of aliphatic hydroxyl groups excluding tert-OH is 1. The van der Waals surface area contributed by atoms with Crippen molar-refractivity contribution in [2.45, 2.75) is 17.9 Å². The van der Waals surface area contributed by atoms with Crippen molar-refractivity contribution in [2.75, 3.05) is 26.9 Å². The molecule has 0 radical (unpaired) electrons. The normalized spacial score (nSPS) is 12.8. The molecule has 2 N–H and O–H groups in total. The molecular weight excluding hydrogens is 342 g/mol. The lowest BCUT2D eigenvalue weighted by Crippen LogP contribution is -2.30. The average Bonchev–Trinajstić information content (AvgIpc) is 2.63. The second-order valence-corrected chi connectivity index (χ2v) is 7.29. The minimum atomic E-state index is -3.70. The highest BCUT2D eigenvalue weighted by Gasteiger charge is 2.19. The van der Waals surface area contributed by atoms with Crippen LogP contribution in [0, 0.1) is 6.92 Å². The van der Waals surface area contributed by atoms with Crippen LogP contribution in [0.1, 0.15) is 17.2 Å². The molecule has 6 nitrogen and oxygen atoms in total. The number of hydrogen-bond donors (Lipinski definition) is 2. The van der Waals surface area contributed by atoms with Gasteiger partial charge in [-0.3, -0.25) is 0 Å². The zero-order valence-electron chi connectivity index (χ0n) is 14.3. The van der Waals surface area contributed by atoms with Gasteiger partial charge in [0.2, 0.25) is 10.0 Å². The minimum absolute atomic E-state index is 0.0581. The molecule has 0 fully saturated rings. The van der Waals surface area contributed by atoms with Crippen molar-refractivity contribution in [1.29, 1.82) is 0 Å². The van der Waals surface area contributed by atoms with Gasteiger partial charge in [0.25, 0.3) is 0 Å². The van der Waals surface area contributed by atoms with Gasteiger partial charge in [0, 0.05) is 12.6 Å². The Morgan fingerprint density at radius 1 is 1.16 bits per heavy atom. The maximum Gasteiger partial charge on any atom is 0.240 e. The summed E-state index contributed by atoms with van der Waals surface area (Å²) in [6.07, 6.45) is -0.492. The zero-order valence-corrected chi connectivity index (χ0v) is 15.1. The Bertz CT molecular complexity index is 774. The second kappa shape index (κ2) is 8.96. The van der Waals surface area contributed by atoms with Gasteiger partial charge >= 0.3 is 0 Å². The van der Waals surface area contributed by atoms with Gasteiger partial charge in [-0.05, 0) is 24.6 Å². The predicted molar refractivity (Wildman–Crippen MR) is 95.1 cm³/mol. The van der Waals surface area contributed by atoms with E-state index in [0.717, 1.165) is 11.1 Å². The lowest BCUT2D eigenvalue weighted by molar-refractivity contribution is 0.0309. The Kier molecular flexibility index (Phi) is 6.95. The fourth-order valence-corrected chi connectivity index (χ4v) is 3.35. The second-order valence-electron chi connectivity index (χ2n) is 5.52. The summed E-state index contributed by atoms with van der Waals surface area (Å²) in [6.45, 7) is 2.02. The van der Waals surface area contributed by atoms with Gasteiger partial charge in [-0.25, -0.2) is 13.1 Å². The summed E-state index contributed by atoms with van der Waals surface area (Å²) in [5.41, 5.74) is 1.94. The molecule has 1 unspecified atom stereocenters. The Labute approximate surface area is 148 Å². The molecule has 1 atom stereocenters. The number of sulfonamides is 1. The summed E-state index contributed by atoms with van der Waals surface area (Å²) >= 11 is 0. The van der Waals surface area contributed by atoms with Gasteiger partial charge in [-0.1, -0.05) is 35.9 Å². The molecule has 25 heavy (non-hydrogen) atoms. The number of hydrogen-bond acceptors (Lipinski definition) is 5. The SMILES string of the molecule is COc1cccc(S(=O)(=O)NCC(OCCO)c2ccc(C)cc2)c1. The standard InChI is InChI=1S/C18H23NO5S/c1-14-6-8-15(9-7-14)18(24-11-10-20)13-19-25(21,22)17-5-3-4-16(12-17)23-2/h3-9,12,18-20H,10-11,13H2,1-2H3. The van der Waals surface area contributed by atoms with Crippen LogP contribution in [0.4, 0.5) is 0 Å². The number of ether oxygens (including phenoxy) is 2. The Hall–Kier alpha value is -1.93.